The Morgan fingerprint density at radius 3 is 2.62 bits per heavy atom. The van der Waals surface area contributed by atoms with Crippen LogP contribution in [-0.2, 0) is 6.42 Å². The van der Waals surface area contributed by atoms with Crippen LogP contribution in [0, 0.1) is 11.2 Å². The van der Waals surface area contributed by atoms with Gasteiger partial charge in [0.05, 0.1) is 0 Å². The number of allylic oxidation sites excluding steroid dienone is 1. The van der Waals surface area contributed by atoms with Crippen molar-refractivity contribution in [2.75, 3.05) is 0 Å². The average molecular weight is 344 g/mol. The second-order valence-electron chi connectivity index (χ2n) is 6.39. The number of rotatable bonds is 6. The van der Waals surface area contributed by atoms with Gasteiger partial charge in [0, 0.05) is 4.88 Å². The Labute approximate surface area is 146 Å². The van der Waals surface area contributed by atoms with E-state index in [4.69, 9.17) is 4.74 Å². The third-order valence-corrected chi connectivity index (χ3v) is 5.09. The first kappa shape index (κ1) is 18.1. The van der Waals surface area contributed by atoms with E-state index >= 15 is 0 Å². The average Bonchev–Trinajstić information content (AvgIpc) is 2.97. The topological polar surface area (TPSA) is 26.3 Å². The highest BCUT2D eigenvalue weighted by Gasteiger charge is 2.22. The monoisotopic (exact) mass is 344 g/mol. The molecule has 0 bridgehead atoms. The van der Waals surface area contributed by atoms with Gasteiger partial charge in [-0.2, -0.15) is 0 Å². The minimum atomic E-state index is -0.582. The Balaban J connectivity index is 2.11. The van der Waals surface area contributed by atoms with Crippen LogP contribution in [0.2, 0.25) is 0 Å². The second kappa shape index (κ2) is 7.14. The van der Waals surface area contributed by atoms with Crippen LogP contribution in [0.1, 0.15) is 40.9 Å². The summed E-state index contributed by atoms with van der Waals surface area (Å²) >= 11 is 1.36. The van der Waals surface area contributed by atoms with Gasteiger partial charge in [-0.15, -0.1) is 11.3 Å². The summed E-state index contributed by atoms with van der Waals surface area (Å²) < 4.78 is 19.1. The summed E-state index contributed by atoms with van der Waals surface area (Å²) in [5.41, 5.74) is 1.68. The lowest BCUT2D eigenvalue weighted by molar-refractivity contribution is 0.0733. The van der Waals surface area contributed by atoms with E-state index in [1.54, 1.807) is 12.1 Å². The van der Waals surface area contributed by atoms with Crippen molar-refractivity contribution in [2.24, 2.45) is 5.41 Å². The third kappa shape index (κ3) is 4.20. The maximum absolute atomic E-state index is 13.9. The van der Waals surface area contributed by atoms with Crippen molar-refractivity contribution >= 4 is 23.4 Å². The highest BCUT2D eigenvalue weighted by Crippen LogP contribution is 2.32. The molecule has 2 nitrogen and oxygen atoms in total. The molecule has 0 aliphatic rings. The van der Waals surface area contributed by atoms with Gasteiger partial charge >= 0.3 is 5.97 Å². The van der Waals surface area contributed by atoms with Gasteiger partial charge in [-0.05, 0) is 48.6 Å². The summed E-state index contributed by atoms with van der Waals surface area (Å²) in [5.74, 6) is -1.21. The maximum atomic E-state index is 13.9. The lowest BCUT2D eigenvalue weighted by atomic mass is 9.82. The van der Waals surface area contributed by atoms with E-state index in [2.05, 4.69) is 27.0 Å². The van der Waals surface area contributed by atoms with Crippen LogP contribution < -0.4 is 4.74 Å². The number of carbonyl (C=O) groups is 1. The lowest BCUT2D eigenvalue weighted by Crippen LogP contribution is -2.15. The molecule has 1 heterocycles. The van der Waals surface area contributed by atoms with Gasteiger partial charge in [0.15, 0.2) is 11.6 Å². The highest BCUT2D eigenvalue weighted by atomic mass is 32.1. The van der Waals surface area contributed by atoms with Crippen molar-refractivity contribution < 1.29 is 13.9 Å². The summed E-state index contributed by atoms with van der Waals surface area (Å²) in [7, 11) is 0. The first-order valence-corrected chi connectivity index (χ1v) is 8.43. The van der Waals surface area contributed by atoms with Gasteiger partial charge in [0.25, 0.3) is 0 Å². The number of thiophene rings is 1. The molecule has 0 atom stereocenters. The van der Waals surface area contributed by atoms with Crippen LogP contribution in [0.3, 0.4) is 0 Å². The number of esters is 1. The predicted octanol–water partition coefficient (Wildman–Crippen LogP) is 5.89. The molecule has 0 saturated carbocycles. The van der Waals surface area contributed by atoms with E-state index in [0.29, 0.717) is 10.4 Å². The van der Waals surface area contributed by atoms with Crippen LogP contribution >= 0.6 is 11.3 Å². The number of hydrogen-bond donors (Lipinski definition) is 0. The minimum absolute atomic E-state index is 0.0430. The van der Waals surface area contributed by atoms with Crippen molar-refractivity contribution in [1.29, 1.82) is 0 Å². The fourth-order valence-electron chi connectivity index (χ4n) is 2.05. The third-order valence-electron chi connectivity index (χ3n) is 4.03. The number of benzene rings is 1. The molecule has 24 heavy (non-hydrogen) atoms. The Morgan fingerprint density at radius 2 is 2.04 bits per heavy atom. The number of halogens is 1. The molecule has 0 saturated heterocycles. The molecular weight excluding hydrogens is 323 g/mol. The maximum Gasteiger partial charge on any atom is 0.353 e. The Kier molecular flexibility index (Phi) is 5.40. The van der Waals surface area contributed by atoms with Gasteiger partial charge < -0.3 is 4.74 Å². The SMILES string of the molecule is C=Cc1ccc(OC(=O)c2ccc(CC(C)(C)C(=C)C)s2)c(F)c1. The fourth-order valence-corrected chi connectivity index (χ4v) is 3.16. The summed E-state index contributed by atoms with van der Waals surface area (Å²) in [5, 5.41) is 0. The van der Waals surface area contributed by atoms with E-state index in [1.165, 1.54) is 29.5 Å². The molecule has 0 aliphatic heterocycles. The van der Waals surface area contributed by atoms with E-state index in [-0.39, 0.29) is 11.2 Å². The highest BCUT2D eigenvalue weighted by molar-refractivity contribution is 7.13. The van der Waals surface area contributed by atoms with Gasteiger partial charge in [0.1, 0.15) is 4.88 Å². The van der Waals surface area contributed by atoms with Gasteiger partial charge in [-0.3, -0.25) is 0 Å². The predicted molar refractivity (Wildman–Crippen MR) is 98.1 cm³/mol. The zero-order valence-electron chi connectivity index (χ0n) is 14.2. The Morgan fingerprint density at radius 1 is 1.33 bits per heavy atom. The number of hydrogen-bond acceptors (Lipinski definition) is 3. The number of ether oxygens (including phenoxy) is 1. The standard InChI is InChI=1S/C20H21FO2S/c1-6-14-7-9-17(16(21)11-14)23-19(22)18-10-8-15(24-18)12-20(4,5)13(2)3/h6-11H,1-2,12H2,3-5H3. The smallest absolute Gasteiger partial charge is 0.353 e. The van der Waals surface area contributed by atoms with Crippen molar-refractivity contribution in [1.82, 2.24) is 0 Å². The molecule has 0 unspecified atom stereocenters. The molecule has 0 radical (unpaired) electrons. The second-order valence-corrected chi connectivity index (χ2v) is 7.56. The van der Waals surface area contributed by atoms with E-state index in [9.17, 15) is 9.18 Å². The Bertz CT molecular complexity index is 787. The molecule has 0 aliphatic carbocycles. The molecule has 0 spiro atoms. The van der Waals surface area contributed by atoms with E-state index in [0.717, 1.165) is 16.9 Å². The minimum Gasteiger partial charge on any atom is -0.419 e. The van der Waals surface area contributed by atoms with Crippen molar-refractivity contribution in [3.05, 3.63) is 70.2 Å². The van der Waals surface area contributed by atoms with Gasteiger partial charge in [-0.25, -0.2) is 9.18 Å². The molecule has 0 N–H and O–H groups in total. The van der Waals surface area contributed by atoms with Gasteiger partial charge in [0.2, 0.25) is 0 Å². The zero-order chi connectivity index (χ0) is 17.9. The summed E-state index contributed by atoms with van der Waals surface area (Å²) in [6.45, 7) is 13.8. The quantitative estimate of drug-likeness (QED) is 0.371. The zero-order valence-corrected chi connectivity index (χ0v) is 15.0. The van der Waals surface area contributed by atoms with Crippen LogP contribution in [0.4, 0.5) is 4.39 Å². The van der Waals surface area contributed by atoms with Gasteiger partial charge in [-0.1, -0.05) is 44.7 Å². The van der Waals surface area contributed by atoms with Crippen LogP contribution in [0.5, 0.6) is 5.75 Å². The van der Waals surface area contributed by atoms with Crippen LogP contribution in [0.25, 0.3) is 6.08 Å². The van der Waals surface area contributed by atoms with Crippen molar-refractivity contribution in [3.63, 3.8) is 0 Å². The summed E-state index contributed by atoms with van der Waals surface area (Å²) in [6, 6.07) is 7.98. The molecule has 1 aromatic heterocycles. The number of carbonyl (C=O) groups excluding carboxylic acids is 1. The van der Waals surface area contributed by atoms with Crippen LogP contribution in [0.15, 0.2) is 49.1 Å². The summed E-state index contributed by atoms with van der Waals surface area (Å²) in [6.07, 6.45) is 2.33. The molecule has 2 aromatic rings. The van der Waals surface area contributed by atoms with E-state index in [1.807, 2.05) is 13.0 Å². The molecule has 0 fully saturated rings. The Hall–Kier alpha value is -2.20. The molecule has 0 amide bonds. The van der Waals surface area contributed by atoms with E-state index < -0.39 is 11.8 Å². The molecule has 126 valence electrons. The van der Waals surface area contributed by atoms with Crippen molar-refractivity contribution in [3.8, 4) is 5.75 Å². The fraction of sp³-hybridized carbons (Fsp3) is 0.250. The van der Waals surface area contributed by atoms with Crippen molar-refractivity contribution in [2.45, 2.75) is 27.2 Å². The molecule has 4 heteroatoms. The summed E-state index contributed by atoms with van der Waals surface area (Å²) in [4.78, 5) is 13.7. The molecular formula is C20H21FO2S. The first-order valence-electron chi connectivity index (χ1n) is 7.62. The lowest BCUT2D eigenvalue weighted by Gasteiger charge is -2.24. The molecule has 1 aromatic carbocycles. The normalized spacial score (nSPS) is 11.2. The van der Waals surface area contributed by atoms with Crippen LogP contribution in [-0.4, -0.2) is 5.97 Å². The molecule has 2 rings (SSSR count). The first-order chi connectivity index (χ1) is 11.2. The largest absolute Gasteiger partial charge is 0.419 e.